The van der Waals surface area contributed by atoms with E-state index in [0.29, 0.717) is 0 Å². The van der Waals surface area contributed by atoms with Crippen molar-refractivity contribution < 1.29 is 0 Å². The highest BCUT2D eigenvalue weighted by molar-refractivity contribution is 4.83. The molecule has 0 spiro atoms. The van der Waals surface area contributed by atoms with Gasteiger partial charge in [-0.25, -0.2) is 0 Å². The highest BCUT2D eigenvalue weighted by Crippen LogP contribution is 2.03. The topological polar surface area (TPSA) is 0 Å². The SMILES string of the molecule is [CH]=CCCC=CCCCCCC. The second-order valence-corrected chi connectivity index (χ2v) is 3.13. The zero-order valence-electron chi connectivity index (χ0n) is 8.26. The summed E-state index contributed by atoms with van der Waals surface area (Å²) < 4.78 is 0. The third-order valence-electron chi connectivity index (χ3n) is 1.89. The molecular formula is C12H21. The predicted octanol–water partition coefficient (Wildman–Crippen LogP) is 4.28. The summed E-state index contributed by atoms with van der Waals surface area (Å²) in [5.41, 5.74) is 0. The lowest BCUT2D eigenvalue weighted by Crippen LogP contribution is -1.73. The molecule has 0 saturated carbocycles. The highest BCUT2D eigenvalue weighted by atomic mass is 13.9. The normalized spacial score (nSPS) is 10.8. The van der Waals surface area contributed by atoms with E-state index in [1.807, 2.05) is 0 Å². The van der Waals surface area contributed by atoms with Gasteiger partial charge in [-0.3, -0.25) is 0 Å². The molecule has 0 heterocycles. The second kappa shape index (κ2) is 10.5. The molecular weight excluding hydrogens is 144 g/mol. The monoisotopic (exact) mass is 165 g/mol. The summed E-state index contributed by atoms with van der Waals surface area (Å²) in [5.74, 6) is 0. The summed E-state index contributed by atoms with van der Waals surface area (Å²) in [6, 6.07) is 0. The van der Waals surface area contributed by atoms with E-state index in [1.165, 1.54) is 32.1 Å². The van der Waals surface area contributed by atoms with Crippen molar-refractivity contribution in [3.05, 3.63) is 24.8 Å². The summed E-state index contributed by atoms with van der Waals surface area (Å²) in [6.07, 6.45) is 15.0. The first-order valence-corrected chi connectivity index (χ1v) is 5.10. The Hall–Kier alpha value is -0.520. The Morgan fingerprint density at radius 3 is 2.33 bits per heavy atom. The summed E-state index contributed by atoms with van der Waals surface area (Å²) in [4.78, 5) is 0. The molecule has 0 atom stereocenters. The predicted molar refractivity (Wildman–Crippen MR) is 56.0 cm³/mol. The van der Waals surface area contributed by atoms with Gasteiger partial charge in [-0.1, -0.05) is 51.0 Å². The first-order valence-electron chi connectivity index (χ1n) is 5.10. The lowest BCUT2D eigenvalue weighted by molar-refractivity contribution is 0.674. The van der Waals surface area contributed by atoms with Crippen LogP contribution in [-0.2, 0) is 0 Å². The van der Waals surface area contributed by atoms with Crippen molar-refractivity contribution in [2.24, 2.45) is 0 Å². The Kier molecular flexibility index (Phi) is 10.0. The van der Waals surface area contributed by atoms with E-state index in [2.05, 4.69) is 19.1 Å². The van der Waals surface area contributed by atoms with Gasteiger partial charge in [0.05, 0.1) is 0 Å². The van der Waals surface area contributed by atoms with Crippen LogP contribution in [0.4, 0.5) is 0 Å². The van der Waals surface area contributed by atoms with E-state index < -0.39 is 0 Å². The molecule has 0 heteroatoms. The largest absolute Gasteiger partial charge is 0.0885 e. The first-order chi connectivity index (χ1) is 5.91. The standard InChI is InChI=1S/C12H21/c1-3-5-7-9-11-12-10-8-6-4-2/h1,3,9,11H,4-8,10,12H2,2H3. The Morgan fingerprint density at radius 2 is 1.67 bits per heavy atom. The van der Waals surface area contributed by atoms with Gasteiger partial charge in [0.2, 0.25) is 0 Å². The Bertz CT molecular complexity index is 111. The van der Waals surface area contributed by atoms with Crippen LogP contribution in [0.25, 0.3) is 0 Å². The minimum Gasteiger partial charge on any atom is -0.0885 e. The van der Waals surface area contributed by atoms with E-state index in [0.717, 1.165) is 12.8 Å². The van der Waals surface area contributed by atoms with Crippen molar-refractivity contribution in [3.63, 3.8) is 0 Å². The first kappa shape index (κ1) is 11.5. The zero-order valence-corrected chi connectivity index (χ0v) is 8.26. The molecule has 0 amide bonds. The third kappa shape index (κ3) is 9.48. The molecule has 0 aliphatic rings. The maximum atomic E-state index is 5.25. The molecule has 0 unspecified atom stereocenters. The van der Waals surface area contributed by atoms with E-state index in [1.54, 1.807) is 6.08 Å². The maximum Gasteiger partial charge on any atom is -0.0313 e. The van der Waals surface area contributed by atoms with Gasteiger partial charge >= 0.3 is 0 Å². The van der Waals surface area contributed by atoms with Gasteiger partial charge in [0, 0.05) is 0 Å². The molecule has 0 aliphatic carbocycles. The molecule has 0 saturated heterocycles. The van der Waals surface area contributed by atoms with Gasteiger partial charge in [-0.05, 0) is 25.7 Å². The number of hydrogen-bond acceptors (Lipinski definition) is 0. The molecule has 0 aromatic heterocycles. The van der Waals surface area contributed by atoms with E-state index in [4.69, 9.17) is 6.58 Å². The van der Waals surface area contributed by atoms with E-state index in [-0.39, 0.29) is 0 Å². The fourth-order valence-corrected chi connectivity index (χ4v) is 1.12. The summed E-state index contributed by atoms with van der Waals surface area (Å²) in [6.45, 7) is 7.49. The van der Waals surface area contributed by atoms with Crippen LogP contribution in [-0.4, -0.2) is 0 Å². The van der Waals surface area contributed by atoms with Gasteiger partial charge < -0.3 is 0 Å². The van der Waals surface area contributed by atoms with Crippen LogP contribution in [0.2, 0.25) is 0 Å². The van der Waals surface area contributed by atoms with Crippen molar-refractivity contribution in [2.45, 2.75) is 51.9 Å². The van der Waals surface area contributed by atoms with Crippen LogP contribution in [0.1, 0.15) is 51.9 Å². The van der Waals surface area contributed by atoms with Crippen LogP contribution >= 0.6 is 0 Å². The number of hydrogen-bond donors (Lipinski definition) is 0. The van der Waals surface area contributed by atoms with Crippen molar-refractivity contribution in [2.75, 3.05) is 0 Å². The molecule has 0 N–H and O–H groups in total. The Balaban J connectivity index is 2.97. The third-order valence-corrected chi connectivity index (χ3v) is 1.89. The van der Waals surface area contributed by atoms with Crippen molar-refractivity contribution in [1.82, 2.24) is 0 Å². The highest BCUT2D eigenvalue weighted by Gasteiger charge is 1.83. The molecule has 12 heavy (non-hydrogen) atoms. The number of unbranched alkanes of at least 4 members (excludes halogenated alkanes) is 5. The average molecular weight is 165 g/mol. The Labute approximate surface area is 77.4 Å². The van der Waals surface area contributed by atoms with Crippen molar-refractivity contribution in [1.29, 1.82) is 0 Å². The molecule has 0 aromatic carbocycles. The van der Waals surface area contributed by atoms with Crippen LogP contribution in [0, 0.1) is 6.58 Å². The molecule has 0 aliphatic heterocycles. The minimum absolute atomic E-state index is 1.01. The number of allylic oxidation sites excluding steroid dienone is 3. The lowest BCUT2D eigenvalue weighted by atomic mass is 10.1. The van der Waals surface area contributed by atoms with Crippen LogP contribution in [0.3, 0.4) is 0 Å². The maximum absolute atomic E-state index is 5.25. The van der Waals surface area contributed by atoms with E-state index in [9.17, 15) is 0 Å². The van der Waals surface area contributed by atoms with Crippen LogP contribution in [0.15, 0.2) is 18.2 Å². The van der Waals surface area contributed by atoms with Crippen LogP contribution < -0.4 is 0 Å². The van der Waals surface area contributed by atoms with Gasteiger partial charge in [-0.15, -0.1) is 0 Å². The quantitative estimate of drug-likeness (QED) is 0.372. The molecule has 0 fully saturated rings. The fraction of sp³-hybridized carbons (Fsp3) is 0.667. The lowest BCUT2D eigenvalue weighted by Gasteiger charge is -1.93. The molecule has 0 rings (SSSR count). The minimum atomic E-state index is 1.01. The average Bonchev–Trinajstić information content (AvgIpc) is 2.10. The molecule has 0 aromatic rings. The summed E-state index contributed by atoms with van der Waals surface area (Å²) in [7, 11) is 0. The van der Waals surface area contributed by atoms with E-state index >= 15 is 0 Å². The summed E-state index contributed by atoms with van der Waals surface area (Å²) >= 11 is 0. The second-order valence-electron chi connectivity index (χ2n) is 3.13. The molecule has 69 valence electrons. The Morgan fingerprint density at radius 1 is 0.917 bits per heavy atom. The van der Waals surface area contributed by atoms with Gasteiger partial charge in [0.25, 0.3) is 0 Å². The number of rotatable bonds is 8. The van der Waals surface area contributed by atoms with Crippen LogP contribution in [0.5, 0.6) is 0 Å². The van der Waals surface area contributed by atoms with Crippen molar-refractivity contribution in [3.8, 4) is 0 Å². The van der Waals surface area contributed by atoms with Gasteiger partial charge in [0.1, 0.15) is 0 Å². The summed E-state index contributed by atoms with van der Waals surface area (Å²) in [5, 5.41) is 0. The smallest absolute Gasteiger partial charge is 0.0313 e. The fourth-order valence-electron chi connectivity index (χ4n) is 1.12. The van der Waals surface area contributed by atoms with Gasteiger partial charge in [0.15, 0.2) is 0 Å². The van der Waals surface area contributed by atoms with Gasteiger partial charge in [-0.2, -0.15) is 0 Å². The molecule has 0 nitrogen and oxygen atoms in total. The molecule has 1 radical (unpaired) electrons. The zero-order chi connectivity index (χ0) is 9.07. The molecule has 0 bridgehead atoms. The van der Waals surface area contributed by atoms with Crippen molar-refractivity contribution >= 4 is 0 Å².